The summed E-state index contributed by atoms with van der Waals surface area (Å²) < 4.78 is 10.3. The van der Waals surface area contributed by atoms with Gasteiger partial charge in [0, 0.05) is 11.5 Å². The smallest absolute Gasteiger partial charge is 0.145 e. The van der Waals surface area contributed by atoms with Crippen LogP contribution in [0.15, 0.2) is 24.3 Å². The number of aromatic nitrogens is 1. The van der Waals surface area contributed by atoms with Crippen LogP contribution in [0.1, 0.15) is 10.5 Å². The number of carboxylic acid groups (broad SMARTS) is 1. The Balaban J connectivity index is 2.82. The van der Waals surface area contributed by atoms with E-state index in [4.69, 9.17) is 9.47 Å². The topological polar surface area (TPSA) is 71.5 Å². The molecule has 2 rings (SSSR count). The number of ether oxygens (including phenoxy) is 2. The van der Waals surface area contributed by atoms with Gasteiger partial charge in [-0.3, -0.25) is 0 Å². The predicted molar refractivity (Wildman–Crippen MR) is 59.2 cm³/mol. The highest BCUT2D eigenvalue weighted by Gasteiger charge is 2.10. The van der Waals surface area contributed by atoms with Crippen molar-refractivity contribution in [3.05, 3.63) is 30.0 Å². The highest BCUT2D eigenvalue weighted by atomic mass is 16.5. The average Bonchev–Trinajstić information content (AvgIpc) is 2.36. The number of rotatable bonds is 3. The van der Waals surface area contributed by atoms with Gasteiger partial charge in [-0.25, -0.2) is 4.98 Å². The van der Waals surface area contributed by atoms with Gasteiger partial charge in [-0.15, -0.1) is 0 Å². The second-order valence-corrected chi connectivity index (χ2v) is 3.35. The number of pyridine rings is 1. The molecule has 2 aromatic rings. The third-order valence-corrected chi connectivity index (χ3v) is 2.41. The molecule has 0 fully saturated rings. The Bertz CT molecular complexity index is 580. The van der Waals surface area contributed by atoms with Crippen molar-refractivity contribution in [1.82, 2.24) is 4.98 Å². The molecule has 0 aliphatic carbocycles. The molecule has 0 radical (unpaired) electrons. The number of para-hydroxylation sites is 1. The maximum atomic E-state index is 10.8. The number of aromatic carboxylic acids is 1. The first-order chi connectivity index (χ1) is 8.17. The largest absolute Gasteiger partial charge is 0.543 e. The molecule has 0 bridgehead atoms. The van der Waals surface area contributed by atoms with Gasteiger partial charge in [0.1, 0.15) is 17.0 Å². The number of hydrogen-bond acceptors (Lipinski definition) is 5. The highest BCUT2D eigenvalue weighted by Crippen LogP contribution is 2.30. The van der Waals surface area contributed by atoms with Crippen LogP contribution in [0.5, 0.6) is 11.5 Å². The van der Waals surface area contributed by atoms with Crippen molar-refractivity contribution in [1.29, 1.82) is 0 Å². The minimum Gasteiger partial charge on any atom is -0.543 e. The zero-order valence-corrected chi connectivity index (χ0v) is 9.39. The summed E-state index contributed by atoms with van der Waals surface area (Å²) in [5, 5.41) is 11.5. The lowest BCUT2D eigenvalue weighted by atomic mass is 10.1. The molecule has 0 N–H and O–H groups in total. The van der Waals surface area contributed by atoms with Crippen molar-refractivity contribution in [2.24, 2.45) is 0 Å². The first kappa shape index (κ1) is 11.2. The molecule has 0 spiro atoms. The lowest BCUT2D eigenvalue weighted by molar-refractivity contribution is -0.255. The molecule has 0 amide bonds. The molecule has 1 heterocycles. The Morgan fingerprint density at radius 1 is 1.24 bits per heavy atom. The minimum atomic E-state index is -1.35. The summed E-state index contributed by atoms with van der Waals surface area (Å²) in [7, 11) is 2.96. The number of methoxy groups -OCH3 is 2. The van der Waals surface area contributed by atoms with Crippen LogP contribution in [0, 0.1) is 0 Å². The van der Waals surface area contributed by atoms with Gasteiger partial charge in [-0.05, 0) is 12.1 Å². The fraction of sp³-hybridized carbons (Fsp3) is 0.167. The Kier molecular flexibility index (Phi) is 2.82. The van der Waals surface area contributed by atoms with Crippen LogP contribution < -0.4 is 14.6 Å². The van der Waals surface area contributed by atoms with Gasteiger partial charge in [0.05, 0.1) is 25.9 Å². The van der Waals surface area contributed by atoms with Crippen molar-refractivity contribution in [3.63, 3.8) is 0 Å². The van der Waals surface area contributed by atoms with Gasteiger partial charge in [0.25, 0.3) is 0 Å². The van der Waals surface area contributed by atoms with E-state index in [9.17, 15) is 9.90 Å². The summed E-state index contributed by atoms with van der Waals surface area (Å²) in [6.45, 7) is 0. The van der Waals surface area contributed by atoms with Crippen LogP contribution >= 0.6 is 0 Å². The van der Waals surface area contributed by atoms with Gasteiger partial charge in [-0.2, -0.15) is 0 Å². The van der Waals surface area contributed by atoms with Gasteiger partial charge in [0.15, 0.2) is 0 Å². The maximum Gasteiger partial charge on any atom is 0.145 e. The van der Waals surface area contributed by atoms with Crippen molar-refractivity contribution >= 4 is 16.9 Å². The van der Waals surface area contributed by atoms with Crippen molar-refractivity contribution in [3.8, 4) is 11.5 Å². The molecule has 0 atom stereocenters. The zero-order valence-electron chi connectivity index (χ0n) is 9.39. The Labute approximate surface area is 97.6 Å². The molecule has 0 saturated heterocycles. The fourth-order valence-electron chi connectivity index (χ4n) is 1.63. The van der Waals surface area contributed by atoms with Crippen molar-refractivity contribution in [2.45, 2.75) is 0 Å². The lowest BCUT2D eigenvalue weighted by Gasteiger charge is -2.11. The molecule has 1 aromatic carbocycles. The van der Waals surface area contributed by atoms with Gasteiger partial charge in [-0.1, -0.05) is 6.07 Å². The van der Waals surface area contributed by atoms with Crippen LogP contribution in [0.4, 0.5) is 0 Å². The molecule has 5 nitrogen and oxygen atoms in total. The van der Waals surface area contributed by atoms with Crippen LogP contribution in [0.25, 0.3) is 10.9 Å². The Morgan fingerprint density at radius 2 is 1.94 bits per heavy atom. The number of benzene rings is 1. The van der Waals surface area contributed by atoms with E-state index in [0.29, 0.717) is 22.4 Å². The second-order valence-electron chi connectivity index (χ2n) is 3.35. The minimum absolute atomic E-state index is 0.182. The first-order valence-corrected chi connectivity index (χ1v) is 4.90. The van der Waals surface area contributed by atoms with E-state index in [1.54, 1.807) is 18.2 Å². The number of carboxylic acids is 1. The summed E-state index contributed by atoms with van der Waals surface area (Å²) in [5.74, 6) is -0.437. The van der Waals surface area contributed by atoms with Crippen molar-refractivity contribution < 1.29 is 19.4 Å². The molecule has 17 heavy (non-hydrogen) atoms. The van der Waals surface area contributed by atoms with Crippen LogP contribution in [-0.4, -0.2) is 25.2 Å². The number of hydrogen-bond donors (Lipinski definition) is 0. The van der Waals surface area contributed by atoms with E-state index < -0.39 is 5.97 Å². The molecule has 1 aromatic heterocycles. The third kappa shape index (κ3) is 1.87. The van der Waals surface area contributed by atoms with E-state index in [1.807, 2.05) is 0 Å². The van der Waals surface area contributed by atoms with E-state index in [0.717, 1.165) is 0 Å². The Morgan fingerprint density at radius 3 is 2.53 bits per heavy atom. The van der Waals surface area contributed by atoms with Crippen LogP contribution in [0.2, 0.25) is 0 Å². The molecular weight excluding hydrogens is 222 g/mol. The third-order valence-electron chi connectivity index (χ3n) is 2.41. The Hall–Kier alpha value is -2.30. The number of nitrogens with zero attached hydrogens (tertiary/aromatic N) is 1. The summed E-state index contributed by atoms with van der Waals surface area (Å²) in [6.07, 6.45) is 0. The number of carbonyl (C=O) groups excluding carboxylic acids is 1. The van der Waals surface area contributed by atoms with Gasteiger partial charge >= 0.3 is 0 Å². The van der Waals surface area contributed by atoms with E-state index in [2.05, 4.69) is 4.98 Å². The molecular formula is C12H10NO4-. The van der Waals surface area contributed by atoms with Crippen LogP contribution in [-0.2, 0) is 0 Å². The average molecular weight is 232 g/mol. The van der Waals surface area contributed by atoms with Gasteiger partial charge < -0.3 is 19.4 Å². The lowest BCUT2D eigenvalue weighted by Crippen LogP contribution is -2.23. The van der Waals surface area contributed by atoms with E-state index in [1.165, 1.54) is 20.3 Å². The molecule has 0 aliphatic heterocycles. The number of carbonyl (C=O) groups is 1. The molecule has 0 saturated carbocycles. The van der Waals surface area contributed by atoms with Crippen LogP contribution in [0.3, 0.4) is 0 Å². The van der Waals surface area contributed by atoms with E-state index in [-0.39, 0.29) is 5.69 Å². The summed E-state index contributed by atoms with van der Waals surface area (Å²) in [5.41, 5.74) is 0.257. The van der Waals surface area contributed by atoms with Crippen molar-refractivity contribution in [2.75, 3.05) is 14.2 Å². The molecule has 5 heteroatoms. The monoisotopic (exact) mass is 232 g/mol. The molecule has 88 valence electrons. The maximum absolute atomic E-state index is 10.8. The number of fused-ring (bicyclic) bond motifs is 1. The van der Waals surface area contributed by atoms with Gasteiger partial charge in [0.2, 0.25) is 0 Å². The summed E-state index contributed by atoms with van der Waals surface area (Å²) >= 11 is 0. The summed E-state index contributed by atoms with van der Waals surface area (Å²) in [4.78, 5) is 14.8. The fourth-order valence-corrected chi connectivity index (χ4v) is 1.63. The quantitative estimate of drug-likeness (QED) is 0.775. The first-order valence-electron chi connectivity index (χ1n) is 4.90. The predicted octanol–water partition coefficient (Wildman–Crippen LogP) is 0.615. The van der Waals surface area contributed by atoms with E-state index >= 15 is 0 Å². The molecule has 0 aliphatic rings. The normalized spacial score (nSPS) is 10.2. The second kappa shape index (κ2) is 4.29. The molecule has 0 unspecified atom stereocenters. The highest BCUT2D eigenvalue weighted by molar-refractivity contribution is 5.94. The SMILES string of the molecule is COc1cc(C(=O)[O-])nc2c(OC)cccc12. The summed E-state index contributed by atoms with van der Waals surface area (Å²) in [6, 6.07) is 6.59. The standard InChI is InChI=1S/C12H11NO4/c1-16-9-5-3-4-7-10(17-2)6-8(12(14)15)13-11(7)9/h3-6H,1-2H3,(H,14,15)/p-1. The zero-order chi connectivity index (χ0) is 12.4.